The van der Waals surface area contributed by atoms with E-state index in [4.69, 9.17) is 0 Å². The average Bonchev–Trinajstić information content (AvgIpc) is 2.62. The van der Waals surface area contributed by atoms with Crippen molar-refractivity contribution >= 4 is 23.2 Å². The smallest absolute Gasteiger partial charge is 0.269 e. The molecular weight excluding hydrogens is 346 g/mol. The predicted molar refractivity (Wildman–Crippen MR) is 102 cm³/mol. The van der Waals surface area contributed by atoms with Gasteiger partial charge < -0.3 is 9.80 Å². The van der Waals surface area contributed by atoms with Gasteiger partial charge in [0.25, 0.3) is 11.6 Å². The van der Waals surface area contributed by atoms with E-state index in [9.17, 15) is 19.7 Å². The molecule has 0 aromatic heterocycles. The zero-order valence-electron chi connectivity index (χ0n) is 15.5. The van der Waals surface area contributed by atoms with E-state index in [2.05, 4.69) is 0 Å². The summed E-state index contributed by atoms with van der Waals surface area (Å²) < 4.78 is 0. The van der Waals surface area contributed by atoms with Crippen molar-refractivity contribution in [3.8, 4) is 0 Å². The summed E-state index contributed by atoms with van der Waals surface area (Å²) in [4.78, 5) is 39.1. The highest BCUT2D eigenvalue weighted by Gasteiger charge is 2.35. The standard InChI is InChI=1S/C20H21N3O4/c1-13-10-14(2)12-18(11-13)22-9-8-21(15(3)19(22)24)20(25)16-4-6-17(7-5-16)23(26)27/h4-7,10-12,15H,8-9H2,1-3H3. The van der Waals surface area contributed by atoms with Crippen LogP contribution in [0.1, 0.15) is 28.4 Å². The highest BCUT2D eigenvalue weighted by molar-refractivity contribution is 6.03. The van der Waals surface area contributed by atoms with Gasteiger partial charge in [0.1, 0.15) is 6.04 Å². The first kappa shape index (κ1) is 18.6. The van der Waals surface area contributed by atoms with Crippen molar-refractivity contribution in [2.45, 2.75) is 26.8 Å². The summed E-state index contributed by atoms with van der Waals surface area (Å²) in [6.07, 6.45) is 0. The Bertz CT molecular complexity index is 888. The molecule has 140 valence electrons. The van der Waals surface area contributed by atoms with E-state index >= 15 is 0 Å². The third kappa shape index (κ3) is 3.67. The molecule has 1 unspecified atom stereocenters. The molecule has 1 atom stereocenters. The van der Waals surface area contributed by atoms with E-state index in [1.807, 2.05) is 32.0 Å². The second kappa shape index (κ2) is 7.19. The Morgan fingerprint density at radius 2 is 1.67 bits per heavy atom. The molecule has 0 bridgehead atoms. The summed E-state index contributed by atoms with van der Waals surface area (Å²) in [5.41, 5.74) is 3.26. The fourth-order valence-corrected chi connectivity index (χ4v) is 3.40. The van der Waals surface area contributed by atoms with Gasteiger partial charge in [-0.15, -0.1) is 0 Å². The van der Waals surface area contributed by atoms with Crippen LogP contribution < -0.4 is 4.90 Å². The number of hydrogen-bond acceptors (Lipinski definition) is 4. The van der Waals surface area contributed by atoms with Gasteiger partial charge in [-0.05, 0) is 56.2 Å². The van der Waals surface area contributed by atoms with Gasteiger partial charge in [0.2, 0.25) is 5.91 Å². The van der Waals surface area contributed by atoms with Crippen LogP contribution in [-0.4, -0.2) is 40.8 Å². The zero-order valence-corrected chi connectivity index (χ0v) is 15.5. The van der Waals surface area contributed by atoms with Crippen LogP contribution in [0.2, 0.25) is 0 Å². The molecule has 1 aliphatic rings. The van der Waals surface area contributed by atoms with Gasteiger partial charge in [0.15, 0.2) is 0 Å². The molecule has 0 N–H and O–H groups in total. The molecule has 1 heterocycles. The van der Waals surface area contributed by atoms with E-state index in [1.54, 1.807) is 11.8 Å². The van der Waals surface area contributed by atoms with Gasteiger partial charge in [-0.2, -0.15) is 0 Å². The van der Waals surface area contributed by atoms with Gasteiger partial charge in [0, 0.05) is 36.5 Å². The average molecular weight is 367 g/mol. The molecule has 1 saturated heterocycles. The van der Waals surface area contributed by atoms with E-state index in [-0.39, 0.29) is 17.5 Å². The second-order valence-corrected chi connectivity index (χ2v) is 6.81. The number of non-ortho nitro benzene ring substituents is 1. The first-order chi connectivity index (χ1) is 12.8. The molecule has 2 amide bonds. The lowest BCUT2D eigenvalue weighted by molar-refractivity contribution is -0.384. The molecular formula is C20H21N3O4. The quantitative estimate of drug-likeness (QED) is 0.616. The van der Waals surface area contributed by atoms with Crippen molar-refractivity contribution in [3.63, 3.8) is 0 Å². The van der Waals surface area contributed by atoms with Crippen LogP contribution in [0.25, 0.3) is 0 Å². The highest BCUT2D eigenvalue weighted by Crippen LogP contribution is 2.24. The van der Waals surface area contributed by atoms with Gasteiger partial charge in [-0.3, -0.25) is 19.7 Å². The second-order valence-electron chi connectivity index (χ2n) is 6.81. The predicted octanol–water partition coefficient (Wildman–Crippen LogP) is 3.09. The molecule has 0 radical (unpaired) electrons. The van der Waals surface area contributed by atoms with Crippen LogP contribution in [0.5, 0.6) is 0 Å². The van der Waals surface area contributed by atoms with Crippen LogP contribution >= 0.6 is 0 Å². The maximum Gasteiger partial charge on any atom is 0.269 e. The topological polar surface area (TPSA) is 83.8 Å². The molecule has 7 heteroatoms. The minimum atomic E-state index is -0.609. The Kier molecular flexibility index (Phi) is 4.94. The van der Waals surface area contributed by atoms with Gasteiger partial charge in [0.05, 0.1) is 4.92 Å². The first-order valence-electron chi connectivity index (χ1n) is 8.73. The minimum absolute atomic E-state index is 0.0738. The Balaban J connectivity index is 1.79. The summed E-state index contributed by atoms with van der Waals surface area (Å²) in [6.45, 7) is 6.48. The van der Waals surface area contributed by atoms with E-state index in [0.29, 0.717) is 18.7 Å². The van der Waals surface area contributed by atoms with Crippen molar-refractivity contribution in [3.05, 3.63) is 69.3 Å². The number of carbonyl (C=O) groups is 2. The maximum absolute atomic E-state index is 12.9. The number of hydrogen-bond donors (Lipinski definition) is 0. The summed E-state index contributed by atoms with van der Waals surface area (Å²) in [6, 6.07) is 10.8. The molecule has 1 fully saturated rings. The van der Waals surface area contributed by atoms with E-state index in [0.717, 1.165) is 16.8 Å². The lowest BCUT2D eigenvalue weighted by atomic mass is 10.1. The molecule has 2 aromatic rings. The van der Waals surface area contributed by atoms with Crippen LogP contribution in [0, 0.1) is 24.0 Å². The van der Waals surface area contributed by atoms with Crippen molar-refractivity contribution in [1.29, 1.82) is 0 Å². The van der Waals surface area contributed by atoms with Gasteiger partial charge >= 0.3 is 0 Å². The molecule has 1 aliphatic heterocycles. The summed E-state index contributed by atoms with van der Waals surface area (Å²) >= 11 is 0. The number of nitro benzene ring substituents is 1. The van der Waals surface area contributed by atoms with Crippen molar-refractivity contribution in [1.82, 2.24) is 4.90 Å². The Morgan fingerprint density at radius 1 is 1.07 bits per heavy atom. The minimum Gasteiger partial charge on any atom is -0.325 e. The maximum atomic E-state index is 12.9. The molecule has 3 rings (SSSR count). The molecule has 0 saturated carbocycles. The Labute approximate surface area is 157 Å². The third-order valence-electron chi connectivity index (χ3n) is 4.76. The molecule has 7 nitrogen and oxygen atoms in total. The zero-order chi connectivity index (χ0) is 19.7. The molecule has 2 aromatic carbocycles. The highest BCUT2D eigenvalue weighted by atomic mass is 16.6. The fraction of sp³-hybridized carbons (Fsp3) is 0.300. The number of rotatable bonds is 3. The SMILES string of the molecule is Cc1cc(C)cc(N2CCN(C(=O)c3ccc([N+](=O)[O-])cc3)C(C)C2=O)c1. The monoisotopic (exact) mass is 367 g/mol. The lowest BCUT2D eigenvalue weighted by Crippen LogP contribution is -2.57. The first-order valence-corrected chi connectivity index (χ1v) is 8.73. The van der Waals surface area contributed by atoms with Gasteiger partial charge in [-0.25, -0.2) is 0 Å². The van der Waals surface area contributed by atoms with Crippen molar-refractivity contribution in [2.75, 3.05) is 18.0 Å². The number of amides is 2. The molecule has 27 heavy (non-hydrogen) atoms. The number of aryl methyl sites for hydroxylation is 2. The van der Waals surface area contributed by atoms with Gasteiger partial charge in [-0.1, -0.05) is 6.07 Å². The number of benzene rings is 2. The van der Waals surface area contributed by atoms with Crippen LogP contribution in [0.3, 0.4) is 0 Å². The number of nitrogens with zero attached hydrogens (tertiary/aromatic N) is 3. The van der Waals surface area contributed by atoms with Crippen molar-refractivity contribution < 1.29 is 14.5 Å². The summed E-state index contributed by atoms with van der Waals surface area (Å²) in [7, 11) is 0. The number of nitro groups is 1. The molecule has 0 spiro atoms. The number of anilines is 1. The van der Waals surface area contributed by atoms with Crippen molar-refractivity contribution in [2.24, 2.45) is 0 Å². The third-order valence-corrected chi connectivity index (χ3v) is 4.76. The summed E-state index contributed by atoms with van der Waals surface area (Å²) in [5.74, 6) is -0.438. The lowest BCUT2D eigenvalue weighted by Gasteiger charge is -2.39. The molecule has 0 aliphatic carbocycles. The van der Waals surface area contributed by atoms with Crippen LogP contribution in [-0.2, 0) is 4.79 Å². The fourth-order valence-electron chi connectivity index (χ4n) is 3.40. The number of piperazine rings is 1. The van der Waals surface area contributed by atoms with E-state index in [1.165, 1.54) is 29.2 Å². The van der Waals surface area contributed by atoms with Crippen LogP contribution in [0.15, 0.2) is 42.5 Å². The summed E-state index contributed by atoms with van der Waals surface area (Å²) in [5, 5.41) is 10.8. The Morgan fingerprint density at radius 3 is 2.22 bits per heavy atom. The van der Waals surface area contributed by atoms with E-state index < -0.39 is 11.0 Å². The number of carbonyl (C=O) groups excluding carboxylic acids is 2. The Hall–Kier alpha value is -3.22. The van der Waals surface area contributed by atoms with Crippen LogP contribution in [0.4, 0.5) is 11.4 Å². The normalized spacial score (nSPS) is 17.1. The largest absolute Gasteiger partial charge is 0.325 e.